The van der Waals surface area contributed by atoms with Gasteiger partial charge in [0, 0.05) is 11.4 Å². The van der Waals surface area contributed by atoms with Crippen LogP contribution in [-0.4, -0.2) is 16.5 Å². The fourth-order valence-electron chi connectivity index (χ4n) is 2.78. The summed E-state index contributed by atoms with van der Waals surface area (Å²) in [5.41, 5.74) is 2.82. The van der Waals surface area contributed by atoms with E-state index >= 15 is 0 Å². The first-order valence-corrected chi connectivity index (χ1v) is 7.87. The van der Waals surface area contributed by atoms with Crippen LogP contribution in [-0.2, 0) is 6.42 Å². The predicted molar refractivity (Wildman–Crippen MR) is 80.5 cm³/mol. The van der Waals surface area contributed by atoms with Gasteiger partial charge in [-0.1, -0.05) is 43.7 Å². The van der Waals surface area contributed by atoms with Crippen molar-refractivity contribution >= 4 is 22.6 Å². The zero-order chi connectivity index (χ0) is 12.4. The lowest BCUT2D eigenvalue weighted by molar-refractivity contribution is 0.508. The Labute approximate surface area is 113 Å². The maximum Gasteiger partial charge on any atom is 0.161 e. The van der Waals surface area contributed by atoms with E-state index in [0.29, 0.717) is 0 Å². The van der Waals surface area contributed by atoms with Gasteiger partial charge >= 0.3 is 0 Å². The zero-order valence-corrected chi connectivity index (χ0v) is 11.7. The molecule has 1 N–H and O–H groups in total. The van der Waals surface area contributed by atoms with Gasteiger partial charge in [-0.3, -0.25) is 4.99 Å². The van der Waals surface area contributed by atoms with Crippen molar-refractivity contribution in [1.82, 2.24) is 0 Å². The SMILES string of the molecule is CCc1ccc(NC2=NC3(CCCC3)CS2)cc1. The van der Waals surface area contributed by atoms with Crippen LogP contribution in [0, 0.1) is 0 Å². The number of thioether (sulfide) groups is 1. The van der Waals surface area contributed by atoms with E-state index in [0.717, 1.165) is 17.3 Å². The Hall–Kier alpha value is -0.960. The summed E-state index contributed by atoms with van der Waals surface area (Å²) >= 11 is 1.88. The van der Waals surface area contributed by atoms with E-state index in [1.165, 1.54) is 37.0 Å². The molecule has 2 aliphatic rings. The number of nitrogens with zero attached hydrogens (tertiary/aromatic N) is 1. The lowest BCUT2D eigenvalue weighted by Gasteiger charge is -2.16. The minimum atomic E-state index is 0.274. The molecule has 0 radical (unpaired) electrons. The minimum Gasteiger partial charge on any atom is -0.335 e. The Kier molecular flexibility index (Phi) is 3.33. The van der Waals surface area contributed by atoms with Gasteiger partial charge in [-0.05, 0) is 37.0 Å². The van der Waals surface area contributed by atoms with Crippen molar-refractivity contribution in [2.45, 2.75) is 44.6 Å². The quantitative estimate of drug-likeness (QED) is 0.866. The molecule has 0 unspecified atom stereocenters. The van der Waals surface area contributed by atoms with Crippen molar-refractivity contribution < 1.29 is 0 Å². The van der Waals surface area contributed by atoms with Crippen LogP contribution in [0.25, 0.3) is 0 Å². The van der Waals surface area contributed by atoms with E-state index in [-0.39, 0.29) is 5.54 Å². The molecule has 1 aromatic rings. The number of benzene rings is 1. The van der Waals surface area contributed by atoms with Crippen molar-refractivity contribution in [3.05, 3.63) is 29.8 Å². The number of aryl methyl sites for hydroxylation is 1. The third-order valence-corrected chi connectivity index (χ3v) is 5.11. The summed E-state index contributed by atoms with van der Waals surface area (Å²) in [5.74, 6) is 1.17. The molecule has 0 atom stereocenters. The molecule has 1 heterocycles. The number of nitrogens with one attached hydrogen (secondary N) is 1. The highest BCUT2D eigenvalue weighted by atomic mass is 32.2. The van der Waals surface area contributed by atoms with Crippen LogP contribution >= 0.6 is 11.8 Å². The highest BCUT2D eigenvalue weighted by Gasteiger charge is 2.38. The van der Waals surface area contributed by atoms with E-state index in [2.05, 4.69) is 36.5 Å². The maximum absolute atomic E-state index is 4.93. The molecule has 1 aromatic carbocycles. The number of hydrogen-bond donors (Lipinski definition) is 1. The molecule has 96 valence electrons. The standard InChI is InChI=1S/C15H20N2S/c1-2-12-5-7-13(8-6-12)16-14-17-15(11-18-14)9-3-4-10-15/h5-8H,2-4,9-11H2,1H3,(H,16,17). The molecule has 0 bridgehead atoms. The summed E-state index contributed by atoms with van der Waals surface area (Å²) in [6.45, 7) is 2.18. The molecule has 1 fully saturated rings. The molecule has 3 heteroatoms. The summed E-state index contributed by atoms with van der Waals surface area (Å²) in [5, 5.41) is 4.57. The summed E-state index contributed by atoms with van der Waals surface area (Å²) in [7, 11) is 0. The van der Waals surface area contributed by atoms with Crippen LogP contribution in [0.4, 0.5) is 5.69 Å². The fourth-order valence-corrected chi connectivity index (χ4v) is 3.99. The second-order valence-corrected chi connectivity index (χ2v) is 6.28. The van der Waals surface area contributed by atoms with Gasteiger partial charge in [0.15, 0.2) is 5.17 Å². The molecule has 18 heavy (non-hydrogen) atoms. The largest absolute Gasteiger partial charge is 0.335 e. The highest BCUT2D eigenvalue weighted by molar-refractivity contribution is 8.14. The molecule has 1 saturated carbocycles. The average molecular weight is 260 g/mol. The van der Waals surface area contributed by atoms with Crippen molar-refractivity contribution in [3.63, 3.8) is 0 Å². The van der Waals surface area contributed by atoms with Crippen LogP contribution < -0.4 is 5.32 Å². The van der Waals surface area contributed by atoms with Gasteiger partial charge in [0.1, 0.15) is 0 Å². The third kappa shape index (κ3) is 2.41. The minimum absolute atomic E-state index is 0.274. The molecule has 1 aliphatic heterocycles. The van der Waals surface area contributed by atoms with Gasteiger partial charge < -0.3 is 5.32 Å². The summed E-state index contributed by atoms with van der Waals surface area (Å²) in [6, 6.07) is 8.69. The Morgan fingerprint density at radius 1 is 1.22 bits per heavy atom. The van der Waals surface area contributed by atoms with Gasteiger partial charge in [0.25, 0.3) is 0 Å². The van der Waals surface area contributed by atoms with Gasteiger partial charge in [-0.25, -0.2) is 0 Å². The summed E-state index contributed by atoms with van der Waals surface area (Å²) < 4.78 is 0. The van der Waals surface area contributed by atoms with Crippen LogP contribution in [0.15, 0.2) is 29.3 Å². The van der Waals surface area contributed by atoms with Crippen molar-refractivity contribution in [1.29, 1.82) is 0 Å². The molecule has 3 rings (SSSR count). The van der Waals surface area contributed by atoms with E-state index in [4.69, 9.17) is 4.99 Å². The molecule has 0 aromatic heterocycles. The van der Waals surface area contributed by atoms with Gasteiger partial charge in [-0.2, -0.15) is 0 Å². The van der Waals surface area contributed by atoms with Gasteiger partial charge in [0.2, 0.25) is 0 Å². The van der Waals surface area contributed by atoms with E-state index in [1.54, 1.807) is 0 Å². The van der Waals surface area contributed by atoms with E-state index < -0.39 is 0 Å². The Morgan fingerprint density at radius 2 is 1.94 bits per heavy atom. The first-order chi connectivity index (χ1) is 8.80. The monoisotopic (exact) mass is 260 g/mol. The van der Waals surface area contributed by atoms with Gasteiger partial charge in [0.05, 0.1) is 5.54 Å². The topological polar surface area (TPSA) is 24.4 Å². The second-order valence-electron chi connectivity index (χ2n) is 5.31. The summed E-state index contributed by atoms with van der Waals surface area (Å²) in [6.07, 6.45) is 6.35. The molecule has 1 aliphatic carbocycles. The smallest absolute Gasteiger partial charge is 0.161 e. The first kappa shape index (κ1) is 12.1. The average Bonchev–Trinajstić information content (AvgIpc) is 3.02. The number of aliphatic imine (C=N–C) groups is 1. The molecule has 0 amide bonds. The Morgan fingerprint density at radius 3 is 2.61 bits per heavy atom. The van der Waals surface area contributed by atoms with Gasteiger partial charge in [-0.15, -0.1) is 0 Å². The molecule has 1 spiro atoms. The molecule has 2 nitrogen and oxygen atoms in total. The zero-order valence-electron chi connectivity index (χ0n) is 10.9. The van der Waals surface area contributed by atoms with Crippen molar-refractivity contribution in [2.75, 3.05) is 11.1 Å². The highest BCUT2D eigenvalue weighted by Crippen LogP contribution is 2.41. The van der Waals surface area contributed by atoms with Crippen LogP contribution in [0.1, 0.15) is 38.2 Å². The normalized spacial score (nSPS) is 21.3. The lowest BCUT2D eigenvalue weighted by atomic mass is 10.0. The van der Waals surface area contributed by atoms with Crippen LogP contribution in [0.3, 0.4) is 0 Å². The van der Waals surface area contributed by atoms with Crippen LogP contribution in [0.5, 0.6) is 0 Å². The molecule has 0 saturated heterocycles. The first-order valence-electron chi connectivity index (χ1n) is 6.88. The third-order valence-electron chi connectivity index (χ3n) is 3.96. The molecular formula is C15H20N2S. The second kappa shape index (κ2) is 4.96. The van der Waals surface area contributed by atoms with Crippen molar-refractivity contribution in [2.24, 2.45) is 4.99 Å². The van der Waals surface area contributed by atoms with E-state index in [1.807, 2.05) is 11.8 Å². The maximum atomic E-state index is 4.93. The number of amidine groups is 1. The van der Waals surface area contributed by atoms with E-state index in [9.17, 15) is 0 Å². The summed E-state index contributed by atoms with van der Waals surface area (Å²) in [4.78, 5) is 4.93. The number of anilines is 1. The Balaban J connectivity index is 1.69. The molecular weight excluding hydrogens is 240 g/mol. The lowest BCUT2D eigenvalue weighted by Crippen LogP contribution is -2.21. The number of hydrogen-bond acceptors (Lipinski definition) is 3. The number of rotatable bonds is 2. The predicted octanol–water partition coefficient (Wildman–Crippen LogP) is 4.08. The van der Waals surface area contributed by atoms with Crippen LogP contribution in [0.2, 0.25) is 0 Å². The van der Waals surface area contributed by atoms with Crippen molar-refractivity contribution in [3.8, 4) is 0 Å². The fraction of sp³-hybridized carbons (Fsp3) is 0.533. The Bertz CT molecular complexity index is 444.